The Morgan fingerprint density at radius 2 is 1.72 bits per heavy atom. The Morgan fingerprint density at radius 1 is 0.960 bits per heavy atom. The quantitative estimate of drug-likeness (QED) is 0.619. The number of rotatable bonds is 3. The zero-order valence-electron chi connectivity index (χ0n) is 13.7. The zero-order chi connectivity index (χ0) is 17.2. The SMILES string of the molecule is Cc1c(C(=O)Nc2ccc3ccccc3n2)cnn1-c1ccccc1. The fourth-order valence-corrected chi connectivity index (χ4v) is 2.78. The van der Waals surface area contributed by atoms with E-state index in [1.807, 2.05) is 67.6 Å². The van der Waals surface area contributed by atoms with E-state index in [0.29, 0.717) is 11.4 Å². The first kappa shape index (κ1) is 15.1. The normalized spacial score (nSPS) is 10.8. The van der Waals surface area contributed by atoms with E-state index in [9.17, 15) is 4.79 Å². The highest BCUT2D eigenvalue weighted by molar-refractivity contribution is 6.04. The standard InChI is InChI=1S/C20H16N4O/c1-14-17(13-21-24(14)16-8-3-2-4-9-16)20(25)23-19-12-11-15-7-5-6-10-18(15)22-19/h2-13H,1H3,(H,22,23,25). The Morgan fingerprint density at radius 3 is 2.56 bits per heavy atom. The lowest BCUT2D eigenvalue weighted by Gasteiger charge is -2.07. The molecule has 1 amide bonds. The molecule has 0 fully saturated rings. The summed E-state index contributed by atoms with van der Waals surface area (Å²) in [6, 6.07) is 21.3. The van der Waals surface area contributed by atoms with Crippen molar-refractivity contribution in [2.24, 2.45) is 0 Å². The molecule has 2 heterocycles. The van der Waals surface area contributed by atoms with Gasteiger partial charge in [-0.2, -0.15) is 5.10 Å². The molecule has 0 atom stereocenters. The van der Waals surface area contributed by atoms with Crippen LogP contribution in [-0.2, 0) is 0 Å². The van der Waals surface area contributed by atoms with E-state index < -0.39 is 0 Å². The summed E-state index contributed by atoms with van der Waals surface area (Å²) in [4.78, 5) is 17.1. The molecule has 0 bridgehead atoms. The number of aromatic nitrogens is 3. The van der Waals surface area contributed by atoms with Crippen molar-refractivity contribution in [2.45, 2.75) is 6.92 Å². The van der Waals surface area contributed by atoms with Crippen LogP contribution in [0.3, 0.4) is 0 Å². The molecule has 0 saturated carbocycles. The predicted molar refractivity (Wildman–Crippen MR) is 98.0 cm³/mol. The number of hydrogen-bond donors (Lipinski definition) is 1. The molecule has 4 rings (SSSR count). The number of amides is 1. The lowest BCUT2D eigenvalue weighted by atomic mass is 10.2. The van der Waals surface area contributed by atoms with Crippen molar-refractivity contribution in [3.05, 3.63) is 84.2 Å². The minimum Gasteiger partial charge on any atom is -0.306 e. The average Bonchev–Trinajstić information content (AvgIpc) is 3.04. The maximum atomic E-state index is 12.6. The molecular weight excluding hydrogens is 312 g/mol. The molecule has 0 aliphatic rings. The molecule has 0 radical (unpaired) electrons. The molecule has 0 aliphatic carbocycles. The van der Waals surface area contributed by atoms with E-state index >= 15 is 0 Å². The Labute approximate surface area is 144 Å². The number of carbonyl (C=O) groups is 1. The van der Waals surface area contributed by atoms with Crippen molar-refractivity contribution in [3.63, 3.8) is 0 Å². The van der Waals surface area contributed by atoms with Gasteiger partial charge in [0.2, 0.25) is 0 Å². The van der Waals surface area contributed by atoms with Gasteiger partial charge in [0.15, 0.2) is 0 Å². The highest BCUT2D eigenvalue weighted by Crippen LogP contribution is 2.17. The third kappa shape index (κ3) is 2.87. The van der Waals surface area contributed by atoms with E-state index in [1.54, 1.807) is 16.9 Å². The van der Waals surface area contributed by atoms with Crippen molar-refractivity contribution in [2.75, 3.05) is 5.32 Å². The van der Waals surface area contributed by atoms with Gasteiger partial charge in [-0.1, -0.05) is 36.4 Å². The summed E-state index contributed by atoms with van der Waals surface area (Å²) >= 11 is 0. The van der Waals surface area contributed by atoms with Crippen LogP contribution in [0.2, 0.25) is 0 Å². The van der Waals surface area contributed by atoms with Crippen LogP contribution in [0.1, 0.15) is 16.1 Å². The first-order valence-electron chi connectivity index (χ1n) is 7.99. The molecule has 5 heteroatoms. The average molecular weight is 328 g/mol. The molecule has 0 unspecified atom stereocenters. The summed E-state index contributed by atoms with van der Waals surface area (Å²) < 4.78 is 1.75. The molecule has 0 spiro atoms. The number of anilines is 1. The van der Waals surface area contributed by atoms with Crippen molar-refractivity contribution >= 4 is 22.6 Å². The smallest absolute Gasteiger partial charge is 0.260 e. The molecule has 122 valence electrons. The minimum atomic E-state index is -0.220. The van der Waals surface area contributed by atoms with E-state index in [1.165, 1.54) is 0 Å². The van der Waals surface area contributed by atoms with Crippen molar-refractivity contribution in [3.8, 4) is 5.69 Å². The Kier molecular flexibility index (Phi) is 3.74. The van der Waals surface area contributed by atoms with Crippen LogP contribution in [0.4, 0.5) is 5.82 Å². The number of pyridine rings is 1. The molecule has 0 saturated heterocycles. The van der Waals surface area contributed by atoms with Gasteiger partial charge >= 0.3 is 0 Å². The summed E-state index contributed by atoms with van der Waals surface area (Å²) in [5.41, 5.74) is 3.07. The molecule has 25 heavy (non-hydrogen) atoms. The molecule has 0 aliphatic heterocycles. The predicted octanol–water partition coefficient (Wildman–Crippen LogP) is 3.98. The monoisotopic (exact) mass is 328 g/mol. The van der Waals surface area contributed by atoms with E-state index in [0.717, 1.165) is 22.3 Å². The number of hydrogen-bond acceptors (Lipinski definition) is 3. The highest BCUT2D eigenvalue weighted by atomic mass is 16.1. The molecule has 1 N–H and O–H groups in total. The number of carbonyl (C=O) groups excluding carboxylic acids is 1. The highest BCUT2D eigenvalue weighted by Gasteiger charge is 2.15. The fourth-order valence-electron chi connectivity index (χ4n) is 2.78. The van der Waals surface area contributed by atoms with Crippen LogP contribution in [0.25, 0.3) is 16.6 Å². The second-order valence-corrected chi connectivity index (χ2v) is 5.73. The summed E-state index contributed by atoms with van der Waals surface area (Å²) in [5.74, 6) is 0.304. The van der Waals surface area contributed by atoms with Gasteiger partial charge in [-0.05, 0) is 37.3 Å². The van der Waals surface area contributed by atoms with Gasteiger partial charge in [0.25, 0.3) is 5.91 Å². The molecular formula is C20H16N4O. The van der Waals surface area contributed by atoms with Gasteiger partial charge in [-0.25, -0.2) is 9.67 Å². The van der Waals surface area contributed by atoms with E-state index in [4.69, 9.17) is 0 Å². The van der Waals surface area contributed by atoms with Crippen LogP contribution in [0.5, 0.6) is 0 Å². The van der Waals surface area contributed by atoms with Gasteiger partial charge in [0, 0.05) is 5.39 Å². The Bertz CT molecular complexity index is 1050. The molecule has 4 aromatic rings. The number of nitrogens with zero attached hydrogens (tertiary/aromatic N) is 3. The Balaban J connectivity index is 1.61. The number of nitrogens with one attached hydrogen (secondary N) is 1. The largest absolute Gasteiger partial charge is 0.306 e. The second kappa shape index (κ2) is 6.20. The van der Waals surface area contributed by atoms with Crippen LogP contribution in [-0.4, -0.2) is 20.7 Å². The van der Waals surface area contributed by atoms with Crippen LogP contribution in [0, 0.1) is 6.92 Å². The molecule has 5 nitrogen and oxygen atoms in total. The fraction of sp³-hybridized carbons (Fsp3) is 0.0500. The maximum Gasteiger partial charge on any atom is 0.260 e. The lowest BCUT2D eigenvalue weighted by molar-refractivity contribution is 0.102. The lowest BCUT2D eigenvalue weighted by Crippen LogP contribution is -2.14. The van der Waals surface area contributed by atoms with Gasteiger partial charge < -0.3 is 5.32 Å². The number of fused-ring (bicyclic) bond motifs is 1. The topological polar surface area (TPSA) is 59.8 Å². The number of para-hydroxylation sites is 2. The summed E-state index contributed by atoms with van der Waals surface area (Å²) in [7, 11) is 0. The van der Waals surface area contributed by atoms with Crippen molar-refractivity contribution in [1.82, 2.24) is 14.8 Å². The van der Waals surface area contributed by atoms with Gasteiger partial charge in [-0.15, -0.1) is 0 Å². The van der Waals surface area contributed by atoms with E-state index in [2.05, 4.69) is 15.4 Å². The number of benzene rings is 2. The summed E-state index contributed by atoms with van der Waals surface area (Å²) in [5, 5.41) is 8.22. The zero-order valence-corrected chi connectivity index (χ0v) is 13.7. The van der Waals surface area contributed by atoms with Crippen LogP contribution in [0.15, 0.2) is 72.9 Å². The van der Waals surface area contributed by atoms with Gasteiger partial charge in [0.05, 0.1) is 28.7 Å². The minimum absolute atomic E-state index is 0.220. The molecule has 2 aromatic carbocycles. The third-order valence-corrected chi connectivity index (χ3v) is 4.10. The van der Waals surface area contributed by atoms with Crippen molar-refractivity contribution < 1.29 is 4.79 Å². The van der Waals surface area contributed by atoms with Gasteiger partial charge in [-0.3, -0.25) is 4.79 Å². The third-order valence-electron chi connectivity index (χ3n) is 4.10. The second-order valence-electron chi connectivity index (χ2n) is 5.73. The van der Waals surface area contributed by atoms with Crippen LogP contribution >= 0.6 is 0 Å². The summed E-state index contributed by atoms with van der Waals surface area (Å²) in [6.45, 7) is 1.88. The van der Waals surface area contributed by atoms with Crippen molar-refractivity contribution in [1.29, 1.82) is 0 Å². The summed E-state index contributed by atoms with van der Waals surface area (Å²) in [6.07, 6.45) is 1.58. The Hall–Kier alpha value is -3.47. The van der Waals surface area contributed by atoms with Gasteiger partial charge in [0.1, 0.15) is 5.82 Å². The molecule has 2 aromatic heterocycles. The maximum absolute atomic E-state index is 12.6. The first-order valence-corrected chi connectivity index (χ1v) is 7.99. The van der Waals surface area contributed by atoms with Crippen LogP contribution < -0.4 is 5.32 Å². The first-order chi connectivity index (χ1) is 12.2. The van der Waals surface area contributed by atoms with E-state index in [-0.39, 0.29) is 5.91 Å².